The summed E-state index contributed by atoms with van der Waals surface area (Å²) in [6, 6.07) is 12.9. The second kappa shape index (κ2) is 7.49. The highest BCUT2D eigenvalue weighted by molar-refractivity contribution is 7.11. The molecule has 2 heterocycles. The number of hydrogen-bond donors (Lipinski definition) is 1. The van der Waals surface area contributed by atoms with Gasteiger partial charge in [-0.05, 0) is 36.4 Å². The first-order chi connectivity index (χ1) is 13.1. The third kappa shape index (κ3) is 3.71. The Balaban J connectivity index is 1.59. The van der Waals surface area contributed by atoms with Crippen molar-refractivity contribution >= 4 is 45.8 Å². The van der Waals surface area contributed by atoms with E-state index in [2.05, 4.69) is 16.4 Å². The van der Waals surface area contributed by atoms with E-state index in [1.54, 1.807) is 24.4 Å². The third-order valence-electron chi connectivity index (χ3n) is 3.82. The molecule has 27 heavy (non-hydrogen) atoms. The summed E-state index contributed by atoms with van der Waals surface area (Å²) in [7, 11) is 0. The van der Waals surface area contributed by atoms with Crippen molar-refractivity contribution in [1.29, 1.82) is 5.26 Å². The molecule has 3 aromatic rings. The maximum Gasteiger partial charge on any atom is 0.231 e. The van der Waals surface area contributed by atoms with Gasteiger partial charge in [-0.15, -0.1) is 11.3 Å². The molecule has 0 fully saturated rings. The Morgan fingerprint density at radius 3 is 2.89 bits per heavy atom. The van der Waals surface area contributed by atoms with Crippen LogP contribution >= 0.6 is 34.5 Å². The zero-order valence-corrected chi connectivity index (χ0v) is 16.0. The molecule has 1 N–H and O–H groups in total. The fourth-order valence-electron chi connectivity index (χ4n) is 2.49. The molecule has 0 saturated carbocycles. The zero-order chi connectivity index (χ0) is 18.8. The Bertz CT molecular complexity index is 1090. The topological polar surface area (TPSA) is 67.2 Å². The molecule has 134 valence electrons. The SMILES string of the molecule is N#C/C(=C/Nc1cc(Cl)ccc1Cl)c1nc(-c2ccc3c(c2)OCO3)cs1. The number of benzene rings is 2. The van der Waals surface area contributed by atoms with Gasteiger partial charge >= 0.3 is 0 Å². The van der Waals surface area contributed by atoms with Crippen molar-refractivity contribution in [3.63, 3.8) is 0 Å². The zero-order valence-electron chi connectivity index (χ0n) is 13.7. The first kappa shape index (κ1) is 17.7. The highest BCUT2D eigenvalue weighted by Crippen LogP contribution is 2.36. The second-order valence-corrected chi connectivity index (χ2v) is 7.25. The highest BCUT2D eigenvalue weighted by Gasteiger charge is 2.16. The normalized spacial score (nSPS) is 12.7. The lowest BCUT2D eigenvalue weighted by Crippen LogP contribution is -1.92. The Morgan fingerprint density at radius 1 is 1.19 bits per heavy atom. The van der Waals surface area contributed by atoms with Crippen LogP contribution < -0.4 is 14.8 Å². The number of aromatic nitrogens is 1. The molecule has 0 radical (unpaired) electrons. The van der Waals surface area contributed by atoms with Gasteiger partial charge in [0.25, 0.3) is 0 Å². The van der Waals surface area contributed by atoms with Crippen molar-refractivity contribution < 1.29 is 9.47 Å². The number of nitrogens with one attached hydrogen (secondary N) is 1. The minimum absolute atomic E-state index is 0.222. The smallest absolute Gasteiger partial charge is 0.231 e. The van der Waals surface area contributed by atoms with E-state index in [0.717, 1.165) is 17.0 Å². The van der Waals surface area contributed by atoms with Gasteiger partial charge in [-0.2, -0.15) is 5.26 Å². The molecule has 1 aliphatic heterocycles. The number of hydrogen-bond acceptors (Lipinski definition) is 6. The van der Waals surface area contributed by atoms with Crippen LogP contribution in [0.1, 0.15) is 5.01 Å². The molecule has 0 bridgehead atoms. The minimum atomic E-state index is 0.222. The van der Waals surface area contributed by atoms with E-state index in [1.807, 2.05) is 23.6 Å². The molecular formula is C19H11Cl2N3O2S. The third-order valence-corrected chi connectivity index (χ3v) is 5.26. The molecular weight excluding hydrogens is 405 g/mol. The maximum atomic E-state index is 9.50. The monoisotopic (exact) mass is 415 g/mol. The fraction of sp³-hybridized carbons (Fsp3) is 0.0526. The Hall–Kier alpha value is -2.72. The summed E-state index contributed by atoms with van der Waals surface area (Å²) in [6.07, 6.45) is 1.57. The summed E-state index contributed by atoms with van der Waals surface area (Å²) >= 11 is 13.5. The fourth-order valence-corrected chi connectivity index (χ4v) is 3.62. The standard InChI is InChI=1S/C19H11Cl2N3O2S/c20-13-2-3-14(21)15(6-13)23-8-12(7-22)19-24-16(9-27-19)11-1-4-17-18(5-11)26-10-25-17/h1-6,8-9,23H,10H2/b12-8-. The van der Waals surface area contributed by atoms with Crippen molar-refractivity contribution in [2.75, 3.05) is 12.1 Å². The first-order valence-electron chi connectivity index (χ1n) is 7.82. The van der Waals surface area contributed by atoms with E-state index in [1.165, 1.54) is 11.3 Å². The summed E-state index contributed by atoms with van der Waals surface area (Å²) in [5, 5.41) is 16.1. The number of anilines is 1. The number of thiazole rings is 1. The van der Waals surface area contributed by atoms with Crippen LogP contribution in [0.3, 0.4) is 0 Å². The van der Waals surface area contributed by atoms with Crippen molar-refractivity contribution in [3.8, 4) is 28.8 Å². The second-order valence-electron chi connectivity index (χ2n) is 5.54. The molecule has 0 saturated heterocycles. The van der Waals surface area contributed by atoms with Crippen LogP contribution in [0.2, 0.25) is 10.0 Å². The van der Waals surface area contributed by atoms with E-state index in [4.69, 9.17) is 32.7 Å². The summed E-state index contributed by atoms with van der Waals surface area (Å²) in [5.41, 5.74) is 2.66. The van der Waals surface area contributed by atoms with Crippen molar-refractivity contribution in [2.45, 2.75) is 0 Å². The van der Waals surface area contributed by atoms with E-state index < -0.39 is 0 Å². The molecule has 2 aromatic carbocycles. The molecule has 0 atom stereocenters. The van der Waals surface area contributed by atoms with Gasteiger partial charge in [0.15, 0.2) is 11.5 Å². The van der Waals surface area contributed by atoms with Crippen molar-refractivity contribution in [1.82, 2.24) is 4.98 Å². The molecule has 0 amide bonds. The Labute approximate surface area is 169 Å². The summed E-state index contributed by atoms with van der Waals surface area (Å²) in [4.78, 5) is 4.56. The van der Waals surface area contributed by atoms with Gasteiger partial charge in [0.1, 0.15) is 16.6 Å². The lowest BCUT2D eigenvalue weighted by Gasteiger charge is -2.04. The van der Waals surface area contributed by atoms with E-state index in [9.17, 15) is 5.26 Å². The number of nitrogens with zero attached hydrogens (tertiary/aromatic N) is 2. The number of ether oxygens (including phenoxy) is 2. The number of allylic oxidation sites excluding steroid dienone is 1. The van der Waals surface area contributed by atoms with Crippen LogP contribution in [0.15, 0.2) is 48.0 Å². The van der Waals surface area contributed by atoms with Gasteiger partial charge in [-0.25, -0.2) is 4.98 Å². The van der Waals surface area contributed by atoms with Crippen LogP contribution in [0.25, 0.3) is 16.8 Å². The molecule has 0 unspecified atom stereocenters. The minimum Gasteiger partial charge on any atom is -0.454 e. The van der Waals surface area contributed by atoms with Crippen LogP contribution in [-0.4, -0.2) is 11.8 Å². The molecule has 0 spiro atoms. The highest BCUT2D eigenvalue weighted by atomic mass is 35.5. The molecule has 5 nitrogen and oxygen atoms in total. The number of rotatable bonds is 4. The lowest BCUT2D eigenvalue weighted by molar-refractivity contribution is 0.174. The van der Waals surface area contributed by atoms with Gasteiger partial charge in [0, 0.05) is 22.2 Å². The molecule has 0 aliphatic carbocycles. The van der Waals surface area contributed by atoms with E-state index in [0.29, 0.717) is 32.1 Å². The van der Waals surface area contributed by atoms with Gasteiger partial charge in [-0.3, -0.25) is 0 Å². The van der Waals surface area contributed by atoms with Crippen LogP contribution in [0, 0.1) is 11.3 Å². The van der Waals surface area contributed by atoms with Crippen LogP contribution in [0.5, 0.6) is 11.5 Å². The van der Waals surface area contributed by atoms with Gasteiger partial charge in [-0.1, -0.05) is 23.2 Å². The molecule has 1 aliphatic rings. The number of nitriles is 1. The summed E-state index contributed by atoms with van der Waals surface area (Å²) in [5.74, 6) is 1.41. The molecule has 1 aromatic heterocycles. The van der Waals surface area contributed by atoms with E-state index in [-0.39, 0.29) is 6.79 Å². The van der Waals surface area contributed by atoms with Gasteiger partial charge in [0.2, 0.25) is 6.79 Å². The quantitative estimate of drug-likeness (QED) is 0.543. The van der Waals surface area contributed by atoms with Crippen LogP contribution in [0.4, 0.5) is 5.69 Å². The first-order valence-corrected chi connectivity index (χ1v) is 9.45. The largest absolute Gasteiger partial charge is 0.454 e. The summed E-state index contributed by atoms with van der Waals surface area (Å²) < 4.78 is 10.7. The average molecular weight is 416 g/mol. The summed E-state index contributed by atoms with van der Waals surface area (Å²) in [6.45, 7) is 0.222. The maximum absolute atomic E-state index is 9.50. The molecule has 8 heteroatoms. The van der Waals surface area contributed by atoms with E-state index >= 15 is 0 Å². The van der Waals surface area contributed by atoms with Crippen molar-refractivity contribution in [3.05, 3.63) is 63.0 Å². The predicted octanol–water partition coefficient (Wildman–Crippen LogP) is 5.82. The Morgan fingerprint density at radius 2 is 2.04 bits per heavy atom. The number of halogens is 2. The predicted molar refractivity (Wildman–Crippen MR) is 107 cm³/mol. The van der Waals surface area contributed by atoms with Gasteiger partial charge in [0.05, 0.1) is 16.4 Å². The number of fused-ring (bicyclic) bond motifs is 1. The Kier molecular flexibility index (Phi) is 4.90. The van der Waals surface area contributed by atoms with Crippen LogP contribution in [-0.2, 0) is 0 Å². The lowest BCUT2D eigenvalue weighted by atomic mass is 10.1. The molecule has 4 rings (SSSR count). The van der Waals surface area contributed by atoms with Crippen molar-refractivity contribution in [2.24, 2.45) is 0 Å². The van der Waals surface area contributed by atoms with Gasteiger partial charge < -0.3 is 14.8 Å². The average Bonchev–Trinajstić information content (AvgIpc) is 3.33.